The van der Waals surface area contributed by atoms with Crippen LogP contribution in [0.5, 0.6) is 0 Å². The molecule has 4 aromatic rings. The van der Waals surface area contributed by atoms with Gasteiger partial charge >= 0.3 is 6.03 Å². The summed E-state index contributed by atoms with van der Waals surface area (Å²) < 4.78 is 1.74. The van der Waals surface area contributed by atoms with E-state index in [0.717, 1.165) is 33.6 Å². The molecule has 0 aliphatic heterocycles. The highest BCUT2D eigenvalue weighted by atomic mass is 35.5. The Hall–Kier alpha value is -4.10. The Morgan fingerprint density at radius 2 is 1.68 bits per heavy atom. The standard InChI is InChI=1S/C30H32ClN5O2/c1-5-15-35(30(38)32-24-13-12-21(3)25(31)17-24)19-29(37)33-28-18-26(23-9-7-6-8-10-23)34-36(28)27-14-11-20(2)16-22(27)4/h6-14,16-18H,5,15,19H2,1-4H3,(H,32,38)(H,33,37). The van der Waals surface area contributed by atoms with E-state index in [4.69, 9.17) is 16.7 Å². The molecule has 4 rings (SSSR count). The molecule has 0 aliphatic rings. The number of urea groups is 1. The number of carbonyl (C=O) groups is 2. The summed E-state index contributed by atoms with van der Waals surface area (Å²) in [7, 11) is 0. The third-order valence-electron chi connectivity index (χ3n) is 6.17. The van der Waals surface area contributed by atoms with Gasteiger partial charge in [0.1, 0.15) is 12.4 Å². The zero-order valence-corrected chi connectivity index (χ0v) is 22.8. The first kappa shape index (κ1) is 26.9. The van der Waals surface area contributed by atoms with E-state index >= 15 is 0 Å². The summed E-state index contributed by atoms with van der Waals surface area (Å²) in [5, 5.41) is 11.2. The minimum atomic E-state index is -0.366. The summed E-state index contributed by atoms with van der Waals surface area (Å²) in [6.45, 7) is 8.22. The van der Waals surface area contributed by atoms with Crippen LogP contribution in [0.15, 0.2) is 72.8 Å². The van der Waals surface area contributed by atoms with Crippen LogP contribution in [0.2, 0.25) is 5.02 Å². The van der Waals surface area contributed by atoms with Crippen LogP contribution in [-0.2, 0) is 4.79 Å². The molecule has 0 atom stereocenters. The van der Waals surface area contributed by atoms with Crippen LogP contribution in [0.3, 0.4) is 0 Å². The van der Waals surface area contributed by atoms with E-state index < -0.39 is 0 Å². The number of aryl methyl sites for hydroxylation is 3. The number of nitrogens with zero attached hydrogens (tertiary/aromatic N) is 3. The van der Waals surface area contributed by atoms with Crippen LogP contribution >= 0.6 is 11.6 Å². The maximum absolute atomic E-state index is 13.2. The highest BCUT2D eigenvalue weighted by Gasteiger charge is 2.20. The van der Waals surface area contributed by atoms with Crippen molar-refractivity contribution in [2.75, 3.05) is 23.7 Å². The van der Waals surface area contributed by atoms with Crippen LogP contribution < -0.4 is 10.6 Å². The molecule has 8 heteroatoms. The number of rotatable bonds is 8. The molecule has 0 saturated carbocycles. The van der Waals surface area contributed by atoms with E-state index in [-0.39, 0.29) is 18.5 Å². The third-order valence-corrected chi connectivity index (χ3v) is 6.57. The van der Waals surface area contributed by atoms with Gasteiger partial charge in [-0.15, -0.1) is 0 Å². The Balaban J connectivity index is 1.57. The third kappa shape index (κ3) is 6.42. The van der Waals surface area contributed by atoms with Crippen LogP contribution in [0.4, 0.5) is 16.3 Å². The van der Waals surface area contributed by atoms with Crippen molar-refractivity contribution in [3.63, 3.8) is 0 Å². The van der Waals surface area contributed by atoms with Crippen molar-refractivity contribution in [1.29, 1.82) is 0 Å². The van der Waals surface area contributed by atoms with Gasteiger partial charge in [-0.1, -0.05) is 72.6 Å². The van der Waals surface area contributed by atoms with Gasteiger partial charge in [-0.25, -0.2) is 9.48 Å². The largest absolute Gasteiger partial charge is 0.322 e. The van der Waals surface area contributed by atoms with Crippen molar-refractivity contribution >= 4 is 35.0 Å². The molecule has 0 radical (unpaired) electrons. The monoisotopic (exact) mass is 529 g/mol. The fourth-order valence-corrected chi connectivity index (χ4v) is 4.38. The summed E-state index contributed by atoms with van der Waals surface area (Å²) in [6, 6.07) is 22.7. The van der Waals surface area contributed by atoms with Crippen molar-refractivity contribution in [1.82, 2.24) is 14.7 Å². The lowest BCUT2D eigenvalue weighted by Crippen LogP contribution is -2.41. The zero-order valence-electron chi connectivity index (χ0n) is 22.1. The predicted molar refractivity (Wildman–Crippen MR) is 154 cm³/mol. The molecular formula is C30H32ClN5O2. The summed E-state index contributed by atoms with van der Waals surface area (Å²) in [6.07, 6.45) is 0.702. The Kier molecular flexibility index (Phi) is 8.48. The van der Waals surface area contributed by atoms with Gasteiger partial charge in [-0.3, -0.25) is 4.79 Å². The molecular weight excluding hydrogens is 498 g/mol. The molecule has 196 valence electrons. The maximum atomic E-state index is 13.2. The smallest absolute Gasteiger partial charge is 0.315 e. The lowest BCUT2D eigenvalue weighted by atomic mass is 10.1. The van der Waals surface area contributed by atoms with Gasteiger partial charge in [-0.2, -0.15) is 5.10 Å². The molecule has 0 bridgehead atoms. The van der Waals surface area contributed by atoms with Crippen molar-refractivity contribution < 1.29 is 9.59 Å². The average Bonchev–Trinajstić information content (AvgIpc) is 3.29. The van der Waals surface area contributed by atoms with Crippen molar-refractivity contribution in [2.24, 2.45) is 0 Å². The summed E-state index contributed by atoms with van der Waals surface area (Å²) in [5.41, 5.74) is 6.22. The molecule has 7 nitrogen and oxygen atoms in total. The number of anilines is 2. The number of amides is 3. The second-order valence-electron chi connectivity index (χ2n) is 9.35. The first-order valence-electron chi connectivity index (χ1n) is 12.6. The fourth-order valence-electron chi connectivity index (χ4n) is 4.20. The first-order valence-corrected chi connectivity index (χ1v) is 13.0. The first-order chi connectivity index (χ1) is 18.2. The van der Waals surface area contributed by atoms with Crippen LogP contribution in [0, 0.1) is 20.8 Å². The van der Waals surface area contributed by atoms with Crippen LogP contribution in [0.25, 0.3) is 16.9 Å². The molecule has 3 amide bonds. The Bertz CT molecular complexity index is 1450. The van der Waals surface area contributed by atoms with Gasteiger partial charge in [0.25, 0.3) is 0 Å². The zero-order chi connectivity index (χ0) is 27.2. The molecule has 1 heterocycles. The Labute approximate surface area is 228 Å². The summed E-state index contributed by atoms with van der Waals surface area (Å²) >= 11 is 6.21. The Morgan fingerprint density at radius 3 is 2.37 bits per heavy atom. The number of hydrogen-bond donors (Lipinski definition) is 2. The number of carbonyl (C=O) groups excluding carboxylic acids is 2. The minimum Gasteiger partial charge on any atom is -0.315 e. The van der Waals surface area contributed by atoms with Gasteiger partial charge in [0.2, 0.25) is 5.91 Å². The quantitative estimate of drug-likeness (QED) is 0.258. The van der Waals surface area contributed by atoms with E-state index in [2.05, 4.69) is 16.7 Å². The fraction of sp³-hybridized carbons (Fsp3) is 0.233. The Morgan fingerprint density at radius 1 is 0.921 bits per heavy atom. The van der Waals surface area contributed by atoms with Gasteiger partial charge in [0, 0.05) is 28.9 Å². The molecule has 38 heavy (non-hydrogen) atoms. The average molecular weight is 530 g/mol. The predicted octanol–water partition coefficient (Wildman–Crippen LogP) is 7.00. The van der Waals surface area contributed by atoms with E-state index in [1.807, 2.05) is 82.3 Å². The van der Waals surface area contributed by atoms with Gasteiger partial charge < -0.3 is 15.5 Å². The number of benzene rings is 3. The number of hydrogen-bond acceptors (Lipinski definition) is 3. The van der Waals surface area contributed by atoms with Crippen molar-refractivity contribution in [3.8, 4) is 16.9 Å². The normalized spacial score (nSPS) is 10.8. The molecule has 0 unspecified atom stereocenters. The van der Waals surface area contributed by atoms with E-state index in [9.17, 15) is 9.59 Å². The van der Waals surface area contributed by atoms with Crippen molar-refractivity contribution in [2.45, 2.75) is 34.1 Å². The SMILES string of the molecule is CCCN(CC(=O)Nc1cc(-c2ccccc2)nn1-c1ccc(C)cc1C)C(=O)Nc1ccc(C)c(Cl)c1. The van der Waals surface area contributed by atoms with Crippen molar-refractivity contribution in [3.05, 3.63) is 94.5 Å². The van der Waals surface area contributed by atoms with Crippen LogP contribution in [-0.4, -0.2) is 39.7 Å². The lowest BCUT2D eigenvalue weighted by Gasteiger charge is -2.22. The number of halogens is 1. The van der Waals surface area contributed by atoms with Crippen LogP contribution in [0.1, 0.15) is 30.0 Å². The second-order valence-corrected chi connectivity index (χ2v) is 9.75. The molecule has 3 aromatic carbocycles. The number of aromatic nitrogens is 2. The molecule has 1 aromatic heterocycles. The summed E-state index contributed by atoms with van der Waals surface area (Å²) in [4.78, 5) is 27.7. The topological polar surface area (TPSA) is 79.3 Å². The molecule has 0 spiro atoms. The van der Waals surface area contributed by atoms with E-state index in [1.54, 1.807) is 16.8 Å². The molecule has 2 N–H and O–H groups in total. The molecule has 0 fully saturated rings. The molecule has 0 aliphatic carbocycles. The highest BCUT2D eigenvalue weighted by molar-refractivity contribution is 6.31. The highest BCUT2D eigenvalue weighted by Crippen LogP contribution is 2.27. The minimum absolute atomic E-state index is 0.113. The van der Waals surface area contributed by atoms with Gasteiger partial charge in [-0.05, 0) is 56.5 Å². The lowest BCUT2D eigenvalue weighted by molar-refractivity contribution is -0.116. The number of nitrogens with one attached hydrogen (secondary N) is 2. The van der Waals surface area contributed by atoms with Gasteiger partial charge in [0.15, 0.2) is 0 Å². The van der Waals surface area contributed by atoms with E-state index in [1.165, 1.54) is 4.90 Å². The van der Waals surface area contributed by atoms with E-state index in [0.29, 0.717) is 29.5 Å². The van der Waals surface area contributed by atoms with Gasteiger partial charge in [0.05, 0.1) is 11.4 Å². The second kappa shape index (κ2) is 12.0. The molecule has 0 saturated heterocycles. The summed E-state index contributed by atoms with van der Waals surface area (Å²) in [5.74, 6) is 0.212. The maximum Gasteiger partial charge on any atom is 0.322 e.